The van der Waals surface area contributed by atoms with Crippen LogP contribution >= 0.6 is 0 Å². The van der Waals surface area contributed by atoms with E-state index in [-0.39, 0.29) is 17.3 Å². The number of Topliss-reactive ketones (excluding diaryl/α,β-unsaturated/α-hetero) is 1. The predicted octanol–water partition coefficient (Wildman–Crippen LogP) is 1.86. The zero-order valence-electron chi connectivity index (χ0n) is 12.1. The summed E-state index contributed by atoms with van der Waals surface area (Å²) in [5.41, 5.74) is -0.367. The summed E-state index contributed by atoms with van der Waals surface area (Å²) < 4.78 is 27.6. The molecule has 0 amide bonds. The molecule has 0 radical (unpaired) electrons. The lowest BCUT2D eigenvalue weighted by Gasteiger charge is -2.27. The smallest absolute Gasteiger partial charge is 0.241 e. The Hall–Kier alpha value is -1.24. The van der Waals surface area contributed by atoms with Gasteiger partial charge < -0.3 is 5.11 Å². The molecule has 1 fully saturated rings. The second-order valence-electron chi connectivity index (χ2n) is 5.56. The molecule has 0 aliphatic heterocycles. The molecule has 1 aromatic carbocycles. The van der Waals surface area contributed by atoms with Crippen molar-refractivity contribution in [3.8, 4) is 0 Å². The number of hydrogen-bond acceptors (Lipinski definition) is 4. The summed E-state index contributed by atoms with van der Waals surface area (Å²) in [4.78, 5) is 11.8. The highest BCUT2D eigenvalue weighted by molar-refractivity contribution is 7.89. The average Bonchev–Trinajstić information content (AvgIpc) is 2.95. The third-order valence-electron chi connectivity index (χ3n) is 4.00. The maximum absolute atomic E-state index is 12.5. The van der Waals surface area contributed by atoms with Crippen LogP contribution < -0.4 is 4.72 Å². The van der Waals surface area contributed by atoms with E-state index in [4.69, 9.17) is 0 Å². The van der Waals surface area contributed by atoms with E-state index in [0.717, 1.165) is 12.8 Å². The minimum atomic E-state index is -3.74. The van der Waals surface area contributed by atoms with Crippen LogP contribution in [0.15, 0.2) is 29.2 Å². The zero-order chi connectivity index (χ0) is 15.5. The molecular formula is C15H21NO4S. The second kappa shape index (κ2) is 6.25. The largest absolute Gasteiger partial charge is 0.394 e. The molecule has 6 heteroatoms. The van der Waals surface area contributed by atoms with Gasteiger partial charge in [0.2, 0.25) is 10.0 Å². The first-order valence-electron chi connectivity index (χ1n) is 7.20. The predicted molar refractivity (Wildman–Crippen MR) is 79.7 cm³/mol. The fraction of sp³-hybridized carbons (Fsp3) is 0.533. The Labute approximate surface area is 125 Å². The number of aliphatic hydroxyl groups excluding tert-OH is 1. The van der Waals surface area contributed by atoms with E-state index in [1.807, 2.05) is 0 Å². The van der Waals surface area contributed by atoms with E-state index in [1.54, 1.807) is 19.1 Å². The van der Waals surface area contributed by atoms with E-state index in [9.17, 15) is 18.3 Å². The fourth-order valence-electron chi connectivity index (χ4n) is 2.73. The minimum Gasteiger partial charge on any atom is -0.394 e. The van der Waals surface area contributed by atoms with Crippen LogP contribution in [0.5, 0.6) is 0 Å². The lowest BCUT2D eigenvalue weighted by Crippen LogP contribution is -2.49. The number of rotatable bonds is 6. The monoisotopic (exact) mass is 311 g/mol. The van der Waals surface area contributed by atoms with Crippen LogP contribution in [0.2, 0.25) is 0 Å². The standard InChI is InChI=1S/C15H21NO4S/c1-2-14(18)12-6-5-7-13(10-12)21(19,20)16-15(11-17)8-3-4-9-15/h5-7,10,16-17H,2-4,8-9,11H2,1H3. The number of carbonyl (C=O) groups excluding carboxylic acids is 1. The average molecular weight is 311 g/mol. The zero-order valence-corrected chi connectivity index (χ0v) is 12.9. The van der Waals surface area contributed by atoms with Crippen LogP contribution in [0.3, 0.4) is 0 Å². The molecule has 0 bridgehead atoms. The van der Waals surface area contributed by atoms with Crippen molar-refractivity contribution in [3.05, 3.63) is 29.8 Å². The minimum absolute atomic E-state index is 0.0709. The molecule has 2 rings (SSSR count). The lowest BCUT2D eigenvalue weighted by atomic mass is 10.0. The Morgan fingerprint density at radius 1 is 1.33 bits per heavy atom. The van der Waals surface area contributed by atoms with Crippen molar-refractivity contribution in [2.75, 3.05) is 6.61 Å². The first-order chi connectivity index (χ1) is 9.92. The van der Waals surface area contributed by atoms with E-state index in [2.05, 4.69) is 4.72 Å². The lowest BCUT2D eigenvalue weighted by molar-refractivity contribution is 0.0988. The van der Waals surface area contributed by atoms with Crippen LogP contribution in [0.4, 0.5) is 0 Å². The molecule has 5 nitrogen and oxygen atoms in total. The third-order valence-corrected chi connectivity index (χ3v) is 5.58. The molecule has 1 aliphatic rings. The molecule has 1 saturated carbocycles. The number of nitrogens with one attached hydrogen (secondary N) is 1. The summed E-state index contributed by atoms with van der Waals surface area (Å²) in [6.07, 6.45) is 3.40. The highest BCUT2D eigenvalue weighted by Gasteiger charge is 2.37. The van der Waals surface area contributed by atoms with Gasteiger partial charge >= 0.3 is 0 Å². The molecule has 0 saturated heterocycles. The second-order valence-corrected chi connectivity index (χ2v) is 7.24. The van der Waals surface area contributed by atoms with E-state index >= 15 is 0 Å². The molecule has 0 atom stereocenters. The SMILES string of the molecule is CCC(=O)c1cccc(S(=O)(=O)NC2(CO)CCCC2)c1. The first kappa shape index (κ1) is 16.1. The van der Waals surface area contributed by atoms with Crippen LogP contribution in [-0.2, 0) is 10.0 Å². The van der Waals surface area contributed by atoms with Gasteiger partial charge in [-0.1, -0.05) is 31.9 Å². The normalized spacial score (nSPS) is 17.8. The summed E-state index contributed by atoms with van der Waals surface area (Å²) in [7, 11) is -3.74. The van der Waals surface area contributed by atoms with Gasteiger partial charge in [0.1, 0.15) is 0 Å². The Morgan fingerprint density at radius 2 is 2.00 bits per heavy atom. The van der Waals surface area contributed by atoms with Crippen molar-refractivity contribution < 1.29 is 18.3 Å². The van der Waals surface area contributed by atoms with Gasteiger partial charge in [0.15, 0.2) is 5.78 Å². The number of hydrogen-bond donors (Lipinski definition) is 2. The number of carbonyl (C=O) groups is 1. The van der Waals surface area contributed by atoms with Gasteiger partial charge in [0.05, 0.1) is 17.0 Å². The summed E-state index contributed by atoms with van der Waals surface area (Å²) in [5, 5.41) is 9.53. The van der Waals surface area contributed by atoms with Crippen LogP contribution in [-0.4, -0.2) is 31.5 Å². The van der Waals surface area contributed by atoms with Crippen molar-refractivity contribution in [2.45, 2.75) is 49.5 Å². The molecule has 0 aromatic heterocycles. The number of ketones is 1. The van der Waals surface area contributed by atoms with Crippen LogP contribution in [0, 0.1) is 0 Å². The Morgan fingerprint density at radius 3 is 2.57 bits per heavy atom. The van der Waals surface area contributed by atoms with Gasteiger partial charge in [-0.3, -0.25) is 4.79 Å². The van der Waals surface area contributed by atoms with Crippen LogP contribution in [0.1, 0.15) is 49.4 Å². The number of sulfonamides is 1. The molecule has 0 heterocycles. The topological polar surface area (TPSA) is 83.5 Å². The van der Waals surface area contributed by atoms with Crippen molar-refractivity contribution >= 4 is 15.8 Å². The first-order valence-corrected chi connectivity index (χ1v) is 8.69. The Kier molecular flexibility index (Phi) is 4.81. The Bertz CT molecular complexity index is 618. The maximum Gasteiger partial charge on any atom is 0.241 e. The van der Waals surface area contributed by atoms with Gasteiger partial charge in [-0.15, -0.1) is 0 Å². The molecule has 1 aliphatic carbocycles. The van der Waals surface area contributed by atoms with Gasteiger partial charge in [0.25, 0.3) is 0 Å². The number of aliphatic hydroxyl groups is 1. The Balaban J connectivity index is 2.29. The van der Waals surface area contributed by atoms with E-state index < -0.39 is 15.6 Å². The highest BCUT2D eigenvalue weighted by Crippen LogP contribution is 2.31. The fourth-order valence-corrected chi connectivity index (χ4v) is 4.23. The van der Waals surface area contributed by atoms with Crippen molar-refractivity contribution in [1.82, 2.24) is 4.72 Å². The van der Waals surface area contributed by atoms with Gasteiger partial charge in [-0.05, 0) is 25.0 Å². The van der Waals surface area contributed by atoms with E-state index in [1.165, 1.54) is 12.1 Å². The summed E-state index contributed by atoms with van der Waals surface area (Å²) in [6.45, 7) is 1.53. The third kappa shape index (κ3) is 3.51. The maximum atomic E-state index is 12.5. The molecule has 0 unspecified atom stereocenters. The molecule has 116 valence electrons. The number of benzene rings is 1. The van der Waals surface area contributed by atoms with Gasteiger partial charge in [-0.25, -0.2) is 13.1 Å². The molecule has 1 aromatic rings. The van der Waals surface area contributed by atoms with Crippen molar-refractivity contribution in [3.63, 3.8) is 0 Å². The van der Waals surface area contributed by atoms with Crippen molar-refractivity contribution in [2.24, 2.45) is 0 Å². The van der Waals surface area contributed by atoms with E-state index in [0.29, 0.717) is 24.8 Å². The summed E-state index contributed by atoms with van der Waals surface area (Å²) in [5.74, 6) is -0.0928. The highest BCUT2D eigenvalue weighted by atomic mass is 32.2. The van der Waals surface area contributed by atoms with Gasteiger partial charge in [0, 0.05) is 12.0 Å². The van der Waals surface area contributed by atoms with Crippen molar-refractivity contribution in [1.29, 1.82) is 0 Å². The molecule has 21 heavy (non-hydrogen) atoms. The van der Waals surface area contributed by atoms with Crippen LogP contribution in [0.25, 0.3) is 0 Å². The summed E-state index contributed by atoms with van der Waals surface area (Å²) in [6, 6.07) is 6.04. The molecule has 2 N–H and O–H groups in total. The molecular weight excluding hydrogens is 290 g/mol. The van der Waals surface area contributed by atoms with Gasteiger partial charge in [-0.2, -0.15) is 0 Å². The quantitative estimate of drug-likeness (QED) is 0.786. The molecule has 0 spiro atoms. The summed E-state index contributed by atoms with van der Waals surface area (Å²) >= 11 is 0.